The summed E-state index contributed by atoms with van der Waals surface area (Å²) < 4.78 is 1.71. The van der Waals surface area contributed by atoms with E-state index in [1.807, 2.05) is 13.2 Å². The zero-order chi connectivity index (χ0) is 9.31. The molecule has 0 bridgehead atoms. The number of hydrogen-bond acceptors (Lipinski definition) is 3. The van der Waals surface area contributed by atoms with Crippen LogP contribution in [0.2, 0.25) is 0 Å². The summed E-state index contributed by atoms with van der Waals surface area (Å²) in [7, 11) is 1.87. The molecule has 0 amide bonds. The Labute approximate surface area is 82.3 Å². The Hall–Kier alpha value is -0.610. The second-order valence-electron chi connectivity index (χ2n) is 3.65. The summed E-state index contributed by atoms with van der Waals surface area (Å²) in [6.45, 7) is 0.764. The first kappa shape index (κ1) is 8.97. The minimum Gasteiger partial charge on any atom is -0.304 e. The third-order valence-corrected chi connectivity index (χ3v) is 2.92. The van der Waals surface area contributed by atoms with Gasteiger partial charge in [0.1, 0.15) is 0 Å². The van der Waals surface area contributed by atoms with E-state index in [-0.39, 0.29) is 5.54 Å². The molecule has 1 aliphatic rings. The van der Waals surface area contributed by atoms with Crippen LogP contribution < -0.4 is 5.32 Å². The van der Waals surface area contributed by atoms with Crippen molar-refractivity contribution >= 4 is 11.6 Å². The molecule has 2 rings (SSSR count). The molecule has 0 radical (unpaired) electrons. The molecule has 1 fully saturated rings. The number of rotatable bonds is 4. The molecule has 0 aromatic carbocycles. The van der Waals surface area contributed by atoms with Crippen LogP contribution in [-0.2, 0) is 13.6 Å². The first-order valence-electron chi connectivity index (χ1n) is 4.40. The first-order valence-corrected chi connectivity index (χ1v) is 4.94. The minimum atomic E-state index is 0.194. The van der Waals surface area contributed by atoms with E-state index in [4.69, 9.17) is 11.6 Å². The summed E-state index contributed by atoms with van der Waals surface area (Å²) in [5.41, 5.74) is 1.16. The third-order valence-electron chi connectivity index (χ3n) is 2.40. The fraction of sp³-hybridized carbons (Fsp3) is 0.750. The lowest BCUT2D eigenvalue weighted by atomic mass is 10.3. The number of alkyl halides is 1. The molecular formula is C8H13ClN4. The highest BCUT2D eigenvalue weighted by atomic mass is 35.5. The molecule has 13 heavy (non-hydrogen) atoms. The lowest BCUT2D eigenvalue weighted by Gasteiger charge is -2.11. The summed E-state index contributed by atoms with van der Waals surface area (Å²) >= 11 is 5.82. The van der Waals surface area contributed by atoms with Crippen molar-refractivity contribution in [3.8, 4) is 0 Å². The molecule has 1 saturated carbocycles. The van der Waals surface area contributed by atoms with Gasteiger partial charge >= 0.3 is 0 Å². The van der Waals surface area contributed by atoms with Gasteiger partial charge in [0.2, 0.25) is 0 Å². The Balaban J connectivity index is 1.86. The van der Waals surface area contributed by atoms with Crippen molar-refractivity contribution in [2.75, 3.05) is 5.88 Å². The summed E-state index contributed by atoms with van der Waals surface area (Å²) in [6, 6.07) is 0. The molecule has 0 spiro atoms. The lowest BCUT2D eigenvalue weighted by Crippen LogP contribution is -2.32. The van der Waals surface area contributed by atoms with Crippen molar-refractivity contribution in [3.63, 3.8) is 0 Å². The molecule has 0 atom stereocenters. The molecular weight excluding hydrogens is 188 g/mol. The lowest BCUT2D eigenvalue weighted by molar-refractivity contribution is 0.536. The van der Waals surface area contributed by atoms with Crippen molar-refractivity contribution < 1.29 is 0 Å². The predicted octanol–water partition coefficient (Wildman–Crippen LogP) is 0.676. The summed E-state index contributed by atoms with van der Waals surface area (Å²) in [4.78, 5) is 0. The van der Waals surface area contributed by atoms with E-state index in [1.54, 1.807) is 4.68 Å². The number of aryl methyl sites for hydroxylation is 1. The highest BCUT2D eigenvalue weighted by molar-refractivity contribution is 6.18. The largest absolute Gasteiger partial charge is 0.304 e. The molecule has 0 saturated heterocycles. The fourth-order valence-corrected chi connectivity index (χ4v) is 1.62. The topological polar surface area (TPSA) is 42.7 Å². The average Bonchev–Trinajstić information content (AvgIpc) is 2.81. The van der Waals surface area contributed by atoms with Crippen LogP contribution in [0.15, 0.2) is 6.20 Å². The van der Waals surface area contributed by atoms with E-state index in [9.17, 15) is 0 Å². The predicted molar refractivity (Wildman–Crippen MR) is 50.5 cm³/mol. The number of nitrogens with one attached hydrogen (secondary N) is 1. The molecule has 0 aliphatic heterocycles. The van der Waals surface area contributed by atoms with Gasteiger partial charge in [-0.25, -0.2) is 0 Å². The third kappa shape index (κ3) is 2.00. The second-order valence-corrected chi connectivity index (χ2v) is 3.92. The molecule has 1 aromatic heterocycles. The number of nitrogens with zero attached hydrogens (tertiary/aromatic N) is 3. The van der Waals surface area contributed by atoms with Gasteiger partial charge in [0, 0.05) is 31.2 Å². The second kappa shape index (κ2) is 3.27. The van der Waals surface area contributed by atoms with E-state index < -0.39 is 0 Å². The highest BCUT2D eigenvalue weighted by Gasteiger charge is 2.41. The van der Waals surface area contributed by atoms with Crippen molar-refractivity contribution in [3.05, 3.63) is 11.9 Å². The number of aromatic nitrogens is 3. The monoisotopic (exact) mass is 200 g/mol. The van der Waals surface area contributed by atoms with Crippen molar-refractivity contribution in [1.29, 1.82) is 0 Å². The van der Waals surface area contributed by atoms with E-state index in [0.717, 1.165) is 12.2 Å². The normalized spacial score (nSPS) is 18.9. The first-order chi connectivity index (χ1) is 6.24. The Morgan fingerprint density at radius 3 is 2.92 bits per heavy atom. The van der Waals surface area contributed by atoms with Crippen molar-refractivity contribution in [1.82, 2.24) is 20.3 Å². The highest BCUT2D eigenvalue weighted by Crippen LogP contribution is 2.36. The standard InChI is InChI=1S/C8H13ClN4/c1-13-5-7(11-12-13)4-10-8(6-9)2-3-8/h5,10H,2-4,6H2,1H3. The van der Waals surface area contributed by atoms with E-state index in [0.29, 0.717) is 5.88 Å². The maximum absolute atomic E-state index is 5.82. The molecule has 72 valence electrons. The smallest absolute Gasteiger partial charge is 0.0964 e. The maximum atomic E-state index is 5.82. The summed E-state index contributed by atoms with van der Waals surface area (Å²) in [5.74, 6) is 0.688. The van der Waals surface area contributed by atoms with Crippen LogP contribution in [0.4, 0.5) is 0 Å². The Morgan fingerprint density at radius 2 is 2.46 bits per heavy atom. The Kier molecular flexibility index (Phi) is 2.26. The van der Waals surface area contributed by atoms with Crippen molar-refractivity contribution in [2.45, 2.75) is 24.9 Å². The number of halogens is 1. The molecule has 1 aromatic rings. The van der Waals surface area contributed by atoms with Crippen molar-refractivity contribution in [2.24, 2.45) is 7.05 Å². The van der Waals surface area contributed by atoms with Gasteiger partial charge in [-0.2, -0.15) is 0 Å². The van der Waals surface area contributed by atoms with Gasteiger partial charge in [0.05, 0.1) is 5.69 Å². The quantitative estimate of drug-likeness (QED) is 0.727. The zero-order valence-electron chi connectivity index (χ0n) is 7.63. The van der Waals surface area contributed by atoms with E-state index in [1.165, 1.54) is 12.8 Å². The maximum Gasteiger partial charge on any atom is 0.0964 e. The summed E-state index contributed by atoms with van der Waals surface area (Å²) in [6.07, 6.45) is 4.27. The zero-order valence-corrected chi connectivity index (χ0v) is 8.38. The molecule has 4 nitrogen and oxygen atoms in total. The average molecular weight is 201 g/mol. The molecule has 1 aliphatic carbocycles. The van der Waals surface area contributed by atoms with Gasteiger partial charge in [-0.1, -0.05) is 5.21 Å². The van der Waals surface area contributed by atoms with Gasteiger partial charge < -0.3 is 5.32 Å². The van der Waals surface area contributed by atoms with Crippen LogP contribution in [0.3, 0.4) is 0 Å². The minimum absolute atomic E-state index is 0.194. The molecule has 1 heterocycles. The Morgan fingerprint density at radius 1 is 1.69 bits per heavy atom. The molecule has 1 N–H and O–H groups in total. The SMILES string of the molecule is Cn1cc(CNC2(CCl)CC2)nn1. The van der Waals surface area contributed by atoms with Crippen LogP contribution in [0.25, 0.3) is 0 Å². The van der Waals surface area contributed by atoms with Crippen LogP contribution in [-0.4, -0.2) is 26.4 Å². The van der Waals surface area contributed by atoms with Gasteiger partial charge in [0.15, 0.2) is 0 Å². The number of hydrogen-bond donors (Lipinski definition) is 1. The molecule has 5 heteroatoms. The van der Waals surface area contributed by atoms with E-state index in [2.05, 4.69) is 15.6 Å². The molecule has 0 unspecified atom stereocenters. The van der Waals surface area contributed by atoms with E-state index >= 15 is 0 Å². The van der Waals surface area contributed by atoms with Gasteiger partial charge in [0.25, 0.3) is 0 Å². The summed E-state index contributed by atoms with van der Waals surface area (Å²) in [5, 5.41) is 11.2. The van der Waals surface area contributed by atoms with Gasteiger partial charge in [-0.3, -0.25) is 4.68 Å². The van der Waals surface area contributed by atoms with Gasteiger partial charge in [-0.05, 0) is 12.8 Å². The van der Waals surface area contributed by atoms with Crippen LogP contribution in [0.5, 0.6) is 0 Å². The fourth-order valence-electron chi connectivity index (χ4n) is 1.26. The Bertz CT molecular complexity index is 292. The van der Waals surface area contributed by atoms with Crippen LogP contribution in [0.1, 0.15) is 18.5 Å². The van der Waals surface area contributed by atoms with Crippen LogP contribution >= 0.6 is 11.6 Å². The van der Waals surface area contributed by atoms with Crippen LogP contribution in [0, 0.1) is 0 Å². The van der Waals surface area contributed by atoms with Gasteiger partial charge in [-0.15, -0.1) is 16.7 Å².